The monoisotopic (exact) mass is 451 g/mol. The first-order chi connectivity index (χ1) is 15.7. The Morgan fingerprint density at radius 2 is 1.97 bits per heavy atom. The molecule has 0 unspecified atom stereocenters. The maximum atomic E-state index is 12.1. The molecule has 3 aromatic heterocycles. The van der Waals surface area contributed by atoms with E-state index >= 15 is 0 Å². The lowest BCUT2D eigenvalue weighted by atomic mass is 10.2. The molecule has 5 rings (SSSR count). The van der Waals surface area contributed by atoms with Gasteiger partial charge in [0.05, 0.1) is 13.2 Å². The maximum absolute atomic E-state index is 12.1. The van der Waals surface area contributed by atoms with Crippen molar-refractivity contribution >= 4 is 45.2 Å². The van der Waals surface area contributed by atoms with Crippen LogP contribution in [0, 0.1) is 0 Å². The van der Waals surface area contributed by atoms with E-state index < -0.39 is 0 Å². The fourth-order valence-corrected chi connectivity index (χ4v) is 3.95. The largest absolute Gasteiger partial charge is 0.378 e. The molecule has 1 aromatic carbocycles. The zero-order valence-corrected chi connectivity index (χ0v) is 18.2. The van der Waals surface area contributed by atoms with Crippen molar-refractivity contribution in [2.45, 2.75) is 13.5 Å². The van der Waals surface area contributed by atoms with Crippen LogP contribution >= 0.6 is 11.3 Å². The Balaban J connectivity index is 1.42. The predicted molar refractivity (Wildman–Crippen MR) is 122 cm³/mol. The van der Waals surface area contributed by atoms with Crippen LogP contribution in [0.1, 0.15) is 6.92 Å². The summed E-state index contributed by atoms with van der Waals surface area (Å²) in [6.45, 7) is 5.43. The standard InChI is InChI=1S/C20H21N9O2S/c1-2-29-18-15(26-27-29)17(28-8-10-31-11-9-28)23-16(24-18)13-3-5-14(6-4-13)22-19(30)25-20-21-7-12-32-20/h3-7,12H,2,8-11H2,1H3,(H2,21,22,25,30). The molecule has 2 amide bonds. The van der Waals surface area contributed by atoms with Crippen LogP contribution in [-0.2, 0) is 11.3 Å². The number of carbonyl (C=O) groups is 1. The number of hydrogen-bond acceptors (Lipinski definition) is 9. The molecule has 12 heteroatoms. The van der Waals surface area contributed by atoms with Crippen molar-refractivity contribution in [1.29, 1.82) is 0 Å². The van der Waals surface area contributed by atoms with E-state index in [9.17, 15) is 4.79 Å². The number of ether oxygens (including phenoxy) is 1. The zero-order valence-electron chi connectivity index (χ0n) is 17.4. The fraction of sp³-hybridized carbons (Fsp3) is 0.300. The molecule has 11 nitrogen and oxygen atoms in total. The van der Waals surface area contributed by atoms with Gasteiger partial charge in [-0.05, 0) is 31.2 Å². The summed E-state index contributed by atoms with van der Waals surface area (Å²) in [4.78, 5) is 27.9. The SMILES string of the molecule is CCn1nnc2c(N3CCOCC3)nc(-c3ccc(NC(=O)Nc4nccs4)cc3)nc21. The third-order valence-electron chi connectivity index (χ3n) is 5.01. The average Bonchev–Trinajstić information content (AvgIpc) is 3.49. The first kappa shape index (κ1) is 20.3. The van der Waals surface area contributed by atoms with E-state index in [4.69, 9.17) is 14.7 Å². The van der Waals surface area contributed by atoms with Gasteiger partial charge < -0.3 is 15.0 Å². The van der Waals surface area contributed by atoms with Gasteiger partial charge in [0.15, 0.2) is 27.9 Å². The number of nitrogens with zero attached hydrogens (tertiary/aromatic N) is 7. The van der Waals surface area contributed by atoms with Gasteiger partial charge in [-0.25, -0.2) is 24.4 Å². The molecule has 2 N–H and O–H groups in total. The van der Waals surface area contributed by atoms with Crippen molar-refractivity contribution in [2.75, 3.05) is 41.8 Å². The van der Waals surface area contributed by atoms with Crippen LogP contribution in [0.4, 0.5) is 21.4 Å². The molecule has 32 heavy (non-hydrogen) atoms. The van der Waals surface area contributed by atoms with Gasteiger partial charge in [0.1, 0.15) is 0 Å². The van der Waals surface area contributed by atoms with E-state index in [0.717, 1.165) is 24.5 Å². The predicted octanol–water partition coefficient (Wildman–Crippen LogP) is 2.85. The average molecular weight is 452 g/mol. The summed E-state index contributed by atoms with van der Waals surface area (Å²) in [5, 5.41) is 16.4. The van der Waals surface area contributed by atoms with E-state index in [1.54, 1.807) is 16.3 Å². The summed E-state index contributed by atoms with van der Waals surface area (Å²) >= 11 is 1.36. The van der Waals surface area contributed by atoms with Crippen LogP contribution in [0.5, 0.6) is 0 Å². The first-order valence-electron chi connectivity index (χ1n) is 10.2. The lowest BCUT2D eigenvalue weighted by Gasteiger charge is -2.27. The second kappa shape index (κ2) is 8.85. The van der Waals surface area contributed by atoms with Crippen LogP contribution in [0.2, 0.25) is 0 Å². The minimum absolute atomic E-state index is 0.349. The number of benzene rings is 1. The number of amides is 2. The van der Waals surface area contributed by atoms with Crippen molar-refractivity contribution in [3.05, 3.63) is 35.8 Å². The molecule has 164 valence electrons. The summed E-state index contributed by atoms with van der Waals surface area (Å²) in [6.07, 6.45) is 1.64. The van der Waals surface area contributed by atoms with Crippen LogP contribution in [-0.4, -0.2) is 62.3 Å². The topological polar surface area (TPSA) is 123 Å². The van der Waals surface area contributed by atoms with Crippen LogP contribution < -0.4 is 15.5 Å². The molecule has 0 radical (unpaired) electrons. The van der Waals surface area contributed by atoms with Crippen molar-refractivity contribution < 1.29 is 9.53 Å². The molecule has 0 atom stereocenters. The number of urea groups is 1. The summed E-state index contributed by atoms with van der Waals surface area (Å²) in [5.41, 5.74) is 2.87. The minimum Gasteiger partial charge on any atom is -0.378 e. The number of hydrogen-bond donors (Lipinski definition) is 2. The van der Waals surface area contributed by atoms with Crippen LogP contribution in [0.15, 0.2) is 35.8 Å². The lowest BCUT2D eigenvalue weighted by molar-refractivity contribution is 0.122. The van der Waals surface area contributed by atoms with Crippen molar-refractivity contribution in [3.63, 3.8) is 0 Å². The summed E-state index contributed by atoms with van der Waals surface area (Å²) in [6, 6.07) is 7.03. The van der Waals surface area contributed by atoms with E-state index in [0.29, 0.717) is 47.6 Å². The summed E-state index contributed by atoms with van der Waals surface area (Å²) in [5.74, 6) is 1.34. The molecule has 4 aromatic rings. The maximum Gasteiger partial charge on any atom is 0.325 e. The number of anilines is 3. The number of thiazole rings is 1. The molecule has 1 aliphatic heterocycles. The summed E-state index contributed by atoms with van der Waals surface area (Å²) < 4.78 is 7.25. The molecule has 1 saturated heterocycles. The van der Waals surface area contributed by atoms with Gasteiger partial charge in [-0.2, -0.15) is 0 Å². The second-order valence-electron chi connectivity index (χ2n) is 7.04. The van der Waals surface area contributed by atoms with Gasteiger partial charge in [-0.1, -0.05) is 5.21 Å². The number of aromatic nitrogens is 6. The Kier molecular flexibility index (Phi) is 5.60. The normalized spacial score (nSPS) is 14.0. The molecular weight excluding hydrogens is 430 g/mol. The molecule has 0 saturated carbocycles. The number of carbonyl (C=O) groups excluding carboxylic acids is 1. The first-order valence-corrected chi connectivity index (χ1v) is 11.1. The van der Waals surface area contributed by atoms with Crippen LogP contribution in [0.3, 0.4) is 0 Å². The van der Waals surface area contributed by atoms with Gasteiger partial charge in [0.25, 0.3) is 0 Å². The van der Waals surface area contributed by atoms with E-state index in [1.807, 2.05) is 31.2 Å². The smallest absolute Gasteiger partial charge is 0.325 e. The van der Waals surface area contributed by atoms with Crippen molar-refractivity contribution in [2.24, 2.45) is 0 Å². The highest BCUT2D eigenvalue weighted by Gasteiger charge is 2.21. The molecule has 0 spiro atoms. The number of rotatable bonds is 5. The minimum atomic E-state index is -0.349. The van der Waals surface area contributed by atoms with Crippen LogP contribution in [0.25, 0.3) is 22.6 Å². The highest BCUT2D eigenvalue weighted by molar-refractivity contribution is 7.13. The van der Waals surface area contributed by atoms with E-state index in [1.165, 1.54) is 11.3 Å². The van der Waals surface area contributed by atoms with Gasteiger partial charge in [-0.15, -0.1) is 16.4 Å². The number of fused-ring (bicyclic) bond motifs is 1. The molecule has 0 bridgehead atoms. The molecular formula is C20H21N9O2S. The van der Waals surface area contributed by atoms with Crippen molar-refractivity contribution in [1.82, 2.24) is 29.9 Å². The van der Waals surface area contributed by atoms with Gasteiger partial charge in [0, 0.05) is 42.5 Å². The molecule has 4 heterocycles. The highest BCUT2D eigenvalue weighted by atomic mass is 32.1. The quantitative estimate of drug-likeness (QED) is 0.475. The van der Waals surface area contributed by atoms with E-state index in [2.05, 4.69) is 30.8 Å². The second-order valence-corrected chi connectivity index (χ2v) is 7.94. The lowest BCUT2D eigenvalue weighted by Crippen LogP contribution is -2.37. The Bertz CT molecular complexity index is 1220. The molecule has 1 fully saturated rings. The Morgan fingerprint density at radius 3 is 2.69 bits per heavy atom. The fourth-order valence-electron chi connectivity index (χ4n) is 3.43. The number of aryl methyl sites for hydroxylation is 1. The van der Waals surface area contributed by atoms with E-state index in [-0.39, 0.29) is 6.03 Å². The Hall–Kier alpha value is -3.64. The van der Waals surface area contributed by atoms with Gasteiger partial charge in [0.2, 0.25) is 0 Å². The zero-order chi connectivity index (χ0) is 21.9. The van der Waals surface area contributed by atoms with Crippen molar-refractivity contribution in [3.8, 4) is 11.4 Å². The third kappa shape index (κ3) is 4.09. The van der Waals surface area contributed by atoms with Gasteiger partial charge in [-0.3, -0.25) is 5.32 Å². The molecule has 0 aliphatic carbocycles. The molecule has 1 aliphatic rings. The van der Waals surface area contributed by atoms with Gasteiger partial charge >= 0.3 is 6.03 Å². The number of morpholine rings is 1. The number of nitrogens with one attached hydrogen (secondary N) is 2. The summed E-state index contributed by atoms with van der Waals surface area (Å²) in [7, 11) is 0. The Morgan fingerprint density at radius 1 is 1.16 bits per heavy atom. The Labute approximate surface area is 187 Å². The third-order valence-corrected chi connectivity index (χ3v) is 5.70. The highest BCUT2D eigenvalue weighted by Crippen LogP contribution is 2.27.